The molecule has 0 fully saturated rings. The molecule has 26 heavy (non-hydrogen) atoms. The van der Waals surface area contributed by atoms with Crippen molar-refractivity contribution in [1.82, 2.24) is 0 Å². The second kappa shape index (κ2) is 9.01. The van der Waals surface area contributed by atoms with Crippen molar-refractivity contribution < 1.29 is 24.0 Å². The highest BCUT2D eigenvalue weighted by Crippen LogP contribution is 2.45. The maximum Gasteiger partial charge on any atom is 0.692 e. The van der Waals surface area contributed by atoms with Crippen molar-refractivity contribution >= 4 is 43.0 Å². The van der Waals surface area contributed by atoms with Crippen LogP contribution in [0.2, 0.25) is 0 Å². The molecule has 0 amide bonds. The third kappa shape index (κ3) is 7.88. The average Bonchev–Trinajstić information content (AvgIpc) is 2.75. The van der Waals surface area contributed by atoms with Crippen LogP contribution in [-0.4, -0.2) is 24.6 Å². The number of hydrogen-bond donors (Lipinski definition) is 3. The first-order valence-electron chi connectivity index (χ1n) is 7.44. The summed E-state index contributed by atoms with van der Waals surface area (Å²) in [5.41, 5.74) is 1.28. The molecule has 3 N–H and O–H groups in total. The molecule has 1 aliphatic heterocycles. The SMILES string of the molecule is CC1=CSC(Cl)(Oc2ccc([N+](=O)[O-])c(NC(C)(C)C)c2)C1.O=[P+](O)O. The normalized spacial score (nSPS) is 19.1. The van der Waals surface area contributed by atoms with Gasteiger partial charge in [-0.25, -0.2) is 0 Å². The molecule has 0 aliphatic carbocycles. The van der Waals surface area contributed by atoms with Crippen LogP contribution >= 0.6 is 31.6 Å². The van der Waals surface area contributed by atoms with Gasteiger partial charge >= 0.3 is 8.25 Å². The van der Waals surface area contributed by atoms with E-state index >= 15 is 0 Å². The topological polar surface area (TPSA) is 122 Å². The number of nitrogens with zero attached hydrogens (tertiary/aromatic N) is 1. The summed E-state index contributed by atoms with van der Waals surface area (Å²) < 4.78 is 13.7. The van der Waals surface area contributed by atoms with Gasteiger partial charge in [0, 0.05) is 28.7 Å². The Labute approximate surface area is 161 Å². The third-order valence-corrected chi connectivity index (χ3v) is 4.45. The van der Waals surface area contributed by atoms with Gasteiger partial charge in [-0.1, -0.05) is 28.9 Å². The standard InChI is InChI=1S/C15H19ClN2O3S.HO3P/c1-10-8-15(16,22-9-10)21-11-5-6-13(18(19)20)12(7-11)17-14(2,3)4;1-4(2)3/h5-7,9,17H,8H2,1-4H3;(H-,1,2,3)/p+1. The number of nitro groups is 1. The molecule has 144 valence electrons. The molecule has 11 heteroatoms. The number of halogens is 1. The fraction of sp³-hybridized carbons (Fsp3) is 0.467. The summed E-state index contributed by atoms with van der Waals surface area (Å²) in [5, 5.41) is 16.3. The third-order valence-electron chi connectivity index (χ3n) is 2.87. The predicted octanol–water partition coefficient (Wildman–Crippen LogP) is 4.75. The van der Waals surface area contributed by atoms with Gasteiger partial charge < -0.3 is 10.1 Å². The molecular weight excluding hydrogens is 403 g/mol. The Kier molecular flexibility index (Phi) is 7.85. The van der Waals surface area contributed by atoms with E-state index in [1.807, 2.05) is 33.1 Å². The average molecular weight is 424 g/mol. The summed E-state index contributed by atoms with van der Waals surface area (Å²) in [7, 11) is -2.87. The van der Waals surface area contributed by atoms with Gasteiger partial charge in [-0.05, 0) is 39.2 Å². The Hall–Kier alpha value is -1.38. The van der Waals surface area contributed by atoms with Gasteiger partial charge in [0.25, 0.3) is 5.69 Å². The van der Waals surface area contributed by atoms with Crippen molar-refractivity contribution in [2.75, 3.05) is 5.32 Å². The predicted molar refractivity (Wildman–Crippen MR) is 104 cm³/mol. The van der Waals surface area contributed by atoms with E-state index in [2.05, 4.69) is 5.32 Å². The number of rotatable bonds is 4. The van der Waals surface area contributed by atoms with Gasteiger partial charge in [-0.15, -0.1) is 9.79 Å². The van der Waals surface area contributed by atoms with Gasteiger partial charge in [-0.2, -0.15) is 0 Å². The molecule has 0 saturated heterocycles. The fourth-order valence-electron chi connectivity index (χ4n) is 2.08. The van der Waals surface area contributed by atoms with Crippen LogP contribution in [0.1, 0.15) is 34.1 Å². The Balaban J connectivity index is 0.000000765. The quantitative estimate of drug-likeness (QED) is 0.274. The number of anilines is 1. The fourth-order valence-corrected chi connectivity index (χ4v) is 3.43. The number of nitrogens with one attached hydrogen (secondary N) is 1. The van der Waals surface area contributed by atoms with E-state index < -0.39 is 17.6 Å². The molecule has 2 rings (SSSR count). The minimum absolute atomic E-state index is 0.0132. The van der Waals surface area contributed by atoms with Crippen molar-refractivity contribution in [3.8, 4) is 5.75 Å². The number of nitro benzene ring substituents is 1. The summed E-state index contributed by atoms with van der Waals surface area (Å²) in [6.07, 6.45) is 0.609. The number of benzene rings is 1. The largest absolute Gasteiger partial charge is 0.692 e. The molecule has 1 aromatic rings. The molecule has 1 aliphatic rings. The molecule has 1 aromatic carbocycles. The number of ether oxygens (including phenoxy) is 1. The molecule has 1 unspecified atom stereocenters. The van der Waals surface area contributed by atoms with Crippen LogP contribution in [0.5, 0.6) is 5.75 Å². The van der Waals surface area contributed by atoms with Crippen molar-refractivity contribution in [2.45, 2.75) is 44.0 Å². The molecule has 8 nitrogen and oxygen atoms in total. The van der Waals surface area contributed by atoms with Gasteiger partial charge in [0.2, 0.25) is 4.39 Å². The van der Waals surface area contributed by atoms with E-state index in [1.165, 1.54) is 17.8 Å². The second-order valence-electron chi connectivity index (χ2n) is 6.58. The van der Waals surface area contributed by atoms with E-state index in [0.29, 0.717) is 17.9 Å². The highest BCUT2D eigenvalue weighted by molar-refractivity contribution is 8.04. The molecule has 1 atom stereocenters. The van der Waals surface area contributed by atoms with Gasteiger partial charge in [0.15, 0.2) is 0 Å². The monoisotopic (exact) mass is 423 g/mol. The Bertz CT molecular complexity index is 721. The highest BCUT2D eigenvalue weighted by atomic mass is 35.5. The first-order valence-corrected chi connectivity index (χ1v) is 9.86. The van der Waals surface area contributed by atoms with E-state index in [-0.39, 0.29) is 11.2 Å². The van der Waals surface area contributed by atoms with Crippen LogP contribution < -0.4 is 10.1 Å². The van der Waals surface area contributed by atoms with Crippen molar-refractivity contribution in [1.29, 1.82) is 0 Å². The van der Waals surface area contributed by atoms with Crippen LogP contribution in [0.4, 0.5) is 11.4 Å². The van der Waals surface area contributed by atoms with Crippen LogP contribution in [0.15, 0.2) is 29.2 Å². The smallest absolute Gasteiger partial charge is 0.462 e. The molecule has 0 saturated carbocycles. The van der Waals surface area contributed by atoms with Crippen LogP contribution in [0.3, 0.4) is 0 Å². The Morgan fingerprint density at radius 1 is 1.42 bits per heavy atom. The van der Waals surface area contributed by atoms with E-state index in [9.17, 15) is 10.1 Å². The molecule has 0 spiro atoms. The zero-order valence-electron chi connectivity index (χ0n) is 14.7. The summed E-state index contributed by atoms with van der Waals surface area (Å²) >= 11 is 7.83. The van der Waals surface area contributed by atoms with Gasteiger partial charge in [-0.3, -0.25) is 10.1 Å². The van der Waals surface area contributed by atoms with Crippen molar-refractivity contribution in [2.24, 2.45) is 0 Å². The molecular formula is C15H21ClN2O6PS+. The lowest BCUT2D eigenvalue weighted by Crippen LogP contribution is -2.27. The van der Waals surface area contributed by atoms with Gasteiger partial charge in [0.1, 0.15) is 11.4 Å². The lowest BCUT2D eigenvalue weighted by Gasteiger charge is -2.25. The maximum atomic E-state index is 11.2. The first-order chi connectivity index (χ1) is 11.8. The first kappa shape index (κ1) is 22.7. The summed E-state index contributed by atoms with van der Waals surface area (Å²) in [5.74, 6) is 0.503. The van der Waals surface area contributed by atoms with Crippen LogP contribution in [0, 0.1) is 10.1 Å². The number of thioether (sulfide) groups is 1. The zero-order valence-corrected chi connectivity index (χ0v) is 17.2. The molecule has 0 aromatic heterocycles. The maximum absolute atomic E-state index is 11.2. The summed E-state index contributed by atoms with van der Waals surface area (Å²) in [6, 6.07) is 4.63. The molecule has 0 bridgehead atoms. The highest BCUT2D eigenvalue weighted by Gasteiger charge is 2.35. The number of alkyl halides is 1. The van der Waals surface area contributed by atoms with E-state index in [1.54, 1.807) is 12.1 Å². The minimum atomic E-state index is -2.87. The summed E-state index contributed by atoms with van der Waals surface area (Å²) in [6.45, 7) is 7.80. The van der Waals surface area contributed by atoms with E-state index in [0.717, 1.165) is 5.57 Å². The van der Waals surface area contributed by atoms with Crippen molar-refractivity contribution in [3.05, 3.63) is 39.3 Å². The lowest BCUT2D eigenvalue weighted by molar-refractivity contribution is -0.384. The lowest BCUT2D eigenvalue weighted by atomic mass is 10.1. The van der Waals surface area contributed by atoms with Crippen molar-refractivity contribution in [3.63, 3.8) is 0 Å². The van der Waals surface area contributed by atoms with Crippen LogP contribution in [0.25, 0.3) is 0 Å². The molecule has 0 radical (unpaired) electrons. The van der Waals surface area contributed by atoms with E-state index in [4.69, 9.17) is 30.7 Å². The zero-order chi connectivity index (χ0) is 20.1. The van der Waals surface area contributed by atoms with Crippen LogP contribution in [-0.2, 0) is 4.57 Å². The summed E-state index contributed by atoms with van der Waals surface area (Å²) in [4.78, 5) is 25.0. The minimum Gasteiger partial charge on any atom is -0.462 e. The molecule has 1 heterocycles. The Morgan fingerprint density at radius 3 is 2.42 bits per heavy atom. The van der Waals surface area contributed by atoms with Gasteiger partial charge in [0.05, 0.1) is 4.92 Å². The number of hydrogen-bond acceptors (Lipinski definition) is 6. The Morgan fingerprint density at radius 2 is 2.00 bits per heavy atom. The second-order valence-corrected chi connectivity index (χ2v) is 9.06.